The van der Waals surface area contributed by atoms with Crippen LogP contribution in [0.15, 0.2) is 65.3 Å². The molecule has 0 spiro atoms. The summed E-state index contributed by atoms with van der Waals surface area (Å²) in [5.41, 5.74) is 0.492. The summed E-state index contributed by atoms with van der Waals surface area (Å²) in [7, 11) is -3.69. The molecule has 9 nitrogen and oxygen atoms in total. The van der Waals surface area contributed by atoms with Crippen LogP contribution in [0.25, 0.3) is 0 Å². The average Bonchev–Trinajstić information content (AvgIpc) is 3.51. The van der Waals surface area contributed by atoms with Crippen LogP contribution in [0.4, 0.5) is 5.69 Å². The number of sulfonamides is 1. The van der Waals surface area contributed by atoms with Crippen LogP contribution in [0.2, 0.25) is 0 Å². The highest BCUT2D eigenvalue weighted by molar-refractivity contribution is 7.89. The van der Waals surface area contributed by atoms with Crippen molar-refractivity contribution in [1.29, 1.82) is 0 Å². The van der Waals surface area contributed by atoms with Crippen molar-refractivity contribution >= 4 is 38.9 Å². The Kier molecular flexibility index (Phi) is 8.92. The zero-order chi connectivity index (χ0) is 28.1. The molecule has 1 aliphatic carbocycles. The molecule has 0 bridgehead atoms. The summed E-state index contributed by atoms with van der Waals surface area (Å²) in [5, 5.41) is 5.05. The van der Waals surface area contributed by atoms with E-state index >= 15 is 0 Å². The molecule has 1 aliphatic heterocycles. The largest absolute Gasteiger partial charge is 0.351 e. The van der Waals surface area contributed by atoms with Crippen LogP contribution in [-0.4, -0.2) is 53.1 Å². The summed E-state index contributed by atoms with van der Waals surface area (Å²) in [6.07, 6.45) is 12.0. The molecule has 5 rings (SSSR count). The van der Waals surface area contributed by atoms with Crippen LogP contribution in [-0.2, 0) is 14.8 Å². The van der Waals surface area contributed by atoms with E-state index in [2.05, 4.69) is 15.3 Å². The van der Waals surface area contributed by atoms with Gasteiger partial charge < -0.3 is 5.32 Å². The molecule has 3 aromatic rings. The Morgan fingerprint density at radius 1 is 1.02 bits per heavy atom. The van der Waals surface area contributed by atoms with Gasteiger partial charge in [0, 0.05) is 41.6 Å². The van der Waals surface area contributed by atoms with Crippen LogP contribution in [0.3, 0.4) is 0 Å². The molecular formula is C29H35N5O4S2. The monoisotopic (exact) mass is 581 g/mol. The number of carbonyl (C=O) groups is 2. The number of anilines is 1. The van der Waals surface area contributed by atoms with Gasteiger partial charge >= 0.3 is 0 Å². The Hall–Kier alpha value is -3.15. The minimum Gasteiger partial charge on any atom is -0.351 e. The summed E-state index contributed by atoms with van der Waals surface area (Å²) in [4.78, 5) is 38.4. The van der Waals surface area contributed by atoms with E-state index in [0.717, 1.165) is 51.4 Å². The van der Waals surface area contributed by atoms with Gasteiger partial charge in [0.25, 0.3) is 5.91 Å². The predicted octanol–water partition coefficient (Wildman–Crippen LogP) is 4.94. The molecule has 2 aromatic heterocycles. The molecule has 212 valence electrons. The molecule has 1 aromatic carbocycles. The molecule has 2 amide bonds. The van der Waals surface area contributed by atoms with Gasteiger partial charge in [-0.3, -0.25) is 19.5 Å². The van der Waals surface area contributed by atoms with E-state index in [4.69, 9.17) is 0 Å². The summed E-state index contributed by atoms with van der Waals surface area (Å²) in [6, 6.07) is 8.96. The standard InChI is InChI=1S/C29H35N5O4S2/c1-21-8-5-6-18-33(21)40(37,38)24-14-12-23(13-15-24)34(29(36)25-20-30-16-17-31-25)27(26-11-7-19-39-26)28(35)32-22-9-3-2-4-10-22/h7,11-17,19-22,27H,2-6,8-10,18H2,1H3,(H,32,35)/t21-,27-/m0/s1. The minimum absolute atomic E-state index is 0.0521. The molecule has 11 heteroatoms. The Morgan fingerprint density at radius 2 is 1.77 bits per heavy atom. The number of hydrogen-bond acceptors (Lipinski definition) is 7. The van der Waals surface area contributed by atoms with E-state index in [0.29, 0.717) is 17.1 Å². The minimum atomic E-state index is -3.69. The Balaban J connectivity index is 1.53. The van der Waals surface area contributed by atoms with Gasteiger partial charge in [-0.2, -0.15) is 4.31 Å². The smallest absolute Gasteiger partial charge is 0.279 e. The van der Waals surface area contributed by atoms with E-state index in [9.17, 15) is 18.0 Å². The second-order valence-corrected chi connectivity index (χ2v) is 13.4. The lowest BCUT2D eigenvalue weighted by atomic mass is 9.95. The van der Waals surface area contributed by atoms with Gasteiger partial charge in [0.15, 0.2) is 6.04 Å². The van der Waals surface area contributed by atoms with Crippen molar-refractivity contribution in [2.45, 2.75) is 81.3 Å². The summed E-state index contributed by atoms with van der Waals surface area (Å²) >= 11 is 1.39. The molecule has 40 heavy (non-hydrogen) atoms. The third kappa shape index (κ3) is 6.11. The van der Waals surface area contributed by atoms with Crippen LogP contribution in [0.5, 0.6) is 0 Å². The molecule has 0 radical (unpaired) electrons. The van der Waals surface area contributed by atoms with Gasteiger partial charge in [-0.1, -0.05) is 31.7 Å². The second-order valence-electron chi connectivity index (χ2n) is 10.5. The van der Waals surface area contributed by atoms with Gasteiger partial charge in [-0.25, -0.2) is 13.4 Å². The molecular weight excluding hydrogens is 546 g/mol. The third-order valence-electron chi connectivity index (χ3n) is 7.74. The number of amides is 2. The normalized spacial score (nSPS) is 19.6. The number of carbonyl (C=O) groups excluding carboxylic acids is 2. The molecule has 2 aliphatic rings. The fourth-order valence-electron chi connectivity index (χ4n) is 5.61. The first-order chi connectivity index (χ1) is 19.4. The van der Waals surface area contributed by atoms with Crippen molar-refractivity contribution in [3.8, 4) is 0 Å². The van der Waals surface area contributed by atoms with Crippen LogP contribution in [0.1, 0.15) is 79.7 Å². The lowest BCUT2D eigenvalue weighted by Crippen LogP contribution is -2.47. The number of hydrogen-bond donors (Lipinski definition) is 1. The number of benzene rings is 1. The zero-order valence-electron chi connectivity index (χ0n) is 22.6. The summed E-state index contributed by atoms with van der Waals surface area (Å²) in [6.45, 7) is 2.42. The second kappa shape index (κ2) is 12.6. The molecule has 3 heterocycles. The lowest BCUT2D eigenvalue weighted by molar-refractivity contribution is -0.123. The number of aromatic nitrogens is 2. The van der Waals surface area contributed by atoms with Gasteiger partial charge in [-0.05, 0) is 68.3 Å². The van der Waals surface area contributed by atoms with Crippen molar-refractivity contribution in [2.24, 2.45) is 0 Å². The Bertz CT molecular complexity index is 1390. The highest BCUT2D eigenvalue weighted by Crippen LogP contribution is 2.34. The summed E-state index contributed by atoms with van der Waals surface area (Å²) < 4.78 is 28.5. The Morgan fingerprint density at radius 3 is 2.42 bits per heavy atom. The average molecular weight is 582 g/mol. The van der Waals surface area contributed by atoms with Crippen LogP contribution < -0.4 is 10.2 Å². The quantitative estimate of drug-likeness (QED) is 0.403. The van der Waals surface area contributed by atoms with E-state index in [1.807, 2.05) is 24.4 Å². The van der Waals surface area contributed by atoms with E-state index < -0.39 is 22.0 Å². The number of rotatable bonds is 8. The summed E-state index contributed by atoms with van der Waals surface area (Å²) in [5.74, 6) is -0.768. The highest BCUT2D eigenvalue weighted by atomic mass is 32.2. The molecule has 1 saturated heterocycles. The maximum atomic E-state index is 14.0. The molecule has 1 saturated carbocycles. The fourth-order valence-corrected chi connectivity index (χ4v) is 8.12. The van der Waals surface area contributed by atoms with Crippen molar-refractivity contribution in [2.75, 3.05) is 11.4 Å². The number of piperidine rings is 1. The van der Waals surface area contributed by atoms with Crippen molar-refractivity contribution in [3.63, 3.8) is 0 Å². The van der Waals surface area contributed by atoms with Crippen LogP contribution in [0, 0.1) is 0 Å². The maximum Gasteiger partial charge on any atom is 0.279 e. The maximum absolute atomic E-state index is 14.0. The molecule has 2 fully saturated rings. The van der Waals surface area contributed by atoms with Crippen molar-refractivity contribution in [3.05, 3.63) is 70.9 Å². The topological polar surface area (TPSA) is 113 Å². The number of thiophene rings is 1. The SMILES string of the molecule is C[C@H]1CCCCN1S(=O)(=O)c1ccc(N(C(=O)c2cnccn2)[C@H](C(=O)NC2CCCCC2)c2cccs2)cc1. The number of nitrogens with one attached hydrogen (secondary N) is 1. The molecule has 2 atom stereocenters. The fraction of sp³-hybridized carbons (Fsp3) is 0.448. The number of nitrogens with zero attached hydrogens (tertiary/aromatic N) is 4. The van der Waals surface area contributed by atoms with E-state index in [1.54, 1.807) is 16.4 Å². The van der Waals surface area contributed by atoms with Gasteiger partial charge in [-0.15, -0.1) is 11.3 Å². The van der Waals surface area contributed by atoms with Gasteiger partial charge in [0.1, 0.15) is 5.69 Å². The van der Waals surface area contributed by atoms with Crippen LogP contribution >= 0.6 is 11.3 Å². The zero-order valence-corrected chi connectivity index (χ0v) is 24.2. The first-order valence-electron chi connectivity index (χ1n) is 13.9. The van der Waals surface area contributed by atoms with E-state index in [1.165, 1.54) is 47.0 Å². The third-order valence-corrected chi connectivity index (χ3v) is 10.7. The molecule has 0 unspecified atom stereocenters. The highest BCUT2D eigenvalue weighted by Gasteiger charge is 2.37. The molecule has 1 N–H and O–H groups in total. The lowest BCUT2D eigenvalue weighted by Gasteiger charge is -2.33. The van der Waals surface area contributed by atoms with Gasteiger partial charge in [0.2, 0.25) is 15.9 Å². The first-order valence-corrected chi connectivity index (χ1v) is 16.2. The first kappa shape index (κ1) is 28.4. The Labute approximate surface area is 239 Å². The van der Waals surface area contributed by atoms with E-state index in [-0.39, 0.29) is 28.6 Å². The van der Waals surface area contributed by atoms with Crippen molar-refractivity contribution < 1.29 is 18.0 Å². The predicted molar refractivity (Wildman–Crippen MR) is 155 cm³/mol. The van der Waals surface area contributed by atoms with Gasteiger partial charge in [0.05, 0.1) is 11.1 Å². The van der Waals surface area contributed by atoms with Crippen molar-refractivity contribution in [1.82, 2.24) is 19.6 Å².